The zero-order valence-corrected chi connectivity index (χ0v) is 9.17. The lowest BCUT2D eigenvalue weighted by atomic mass is 10.1. The number of carbonyl (C=O) groups is 1. The van der Waals surface area contributed by atoms with E-state index < -0.39 is 0 Å². The van der Waals surface area contributed by atoms with Gasteiger partial charge in [-0.3, -0.25) is 4.79 Å². The molecular formula is C12H16OS. The molecule has 76 valence electrons. The summed E-state index contributed by atoms with van der Waals surface area (Å²) in [6.07, 6.45) is 3.85. The first-order chi connectivity index (χ1) is 6.84. The summed E-state index contributed by atoms with van der Waals surface area (Å²) >= 11 is 4.13. The predicted molar refractivity (Wildman–Crippen MR) is 63.1 cm³/mol. The van der Waals surface area contributed by atoms with E-state index in [1.165, 1.54) is 0 Å². The zero-order chi connectivity index (χ0) is 10.2. The highest BCUT2D eigenvalue weighted by Crippen LogP contribution is 2.08. The van der Waals surface area contributed by atoms with E-state index in [4.69, 9.17) is 0 Å². The van der Waals surface area contributed by atoms with Crippen molar-refractivity contribution in [3.8, 4) is 0 Å². The van der Waals surface area contributed by atoms with E-state index in [9.17, 15) is 4.79 Å². The van der Waals surface area contributed by atoms with Gasteiger partial charge in [-0.25, -0.2) is 0 Å². The molecule has 0 radical (unpaired) electrons. The number of benzene rings is 1. The second kappa shape index (κ2) is 6.66. The van der Waals surface area contributed by atoms with Gasteiger partial charge in [-0.15, -0.1) is 0 Å². The third-order valence-corrected chi connectivity index (χ3v) is 2.47. The van der Waals surface area contributed by atoms with E-state index in [2.05, 4.69) is 12.6 Å². The van der Waals surface area contributed by atoms with Gasteiger partial charge in [0.05, 0.1) is 0 Å². The molecule has 0 spiro atoms. The highest BCUT2D eigenvalue weighted by Gasteiger charge is 2.03. The van der Waals surface area contributed by atoms with Crippen LogP contribution in [0, 0.1) is 0 Å². The Labute approximate surface area is 90.9 Å². The monoisotopic (exact) mass is 208 g/mol. The van der Waals surface area contributed by atoms with E-state index in [-0.39, 0.29) is 5.78 Å². The molecule has 0 saturated heterocycles. The molecule has 0 saturated carbocycles. The second-order valence-corrected chi connectivity index (χ2v) is 3.77. The third-order valence-electron chi connectivity index (χ3n) is 2.16. The van der Waals surface area contributed by atoms with E-state index in [1.54, 1.807) is 0 Å². The SMILES string of the molecule is O=C(CCCCCS)c1ccccc1. The van der Waals surface area contributed by atoms with Crippen molar-refractivity contribution in [2.24, 2.45) is 0 Å². The summed E-state index contributed by atoms with van der Waals surface area (Å²) in [5.74, 6) is 1.17. The zero-order valence-electron chi connectivity index (χ0n) is 8.28. The number of hydrogen-bond acceptors (Lipinski definition) is 2. The Morgan fingerprint density at radius 2 is 1.79 bits per heavy atom. The fraction of sp³-hybridized carbons (Fsp3) is 0.417. The summed E-state index contributed by atoms with van der Waals surface area (Å²) in [4.78, 5) is 11.6. The molecule has 1 aromatic carbocycles. The van der Waals surface area contributed by atoms with Gasteiger partial charge in [0.1, 0.15) is 0 Å². The van der Waals surface area contributed by atoms with Gasteiger partial charge in [0.2, 0.25) is 0 Å². The number of unbranched alkanes of at least 4 members (excludes halogenated alkanes) is 2. The van der Waals surface area contributed by atoms with Gasteiger partial charge in [-0.1, -0.05) is 36.8 Å². The van der Waals surface area contributed by atoms with Gasteiger partial charge in [-0.2, -0.15) is 12.6 Å². The molecule has 0 bridgehead atoms. The molecule has 2 heteroatoms. The summed E-state index contributed by atoms with van der Waals surface area (Å²) in [7, 11) is 0. The highest BCUT2D eigenvalue weighted by molar-refractivity contribution is 7.80. The van der Waals surface area contributed by atoms with Gasteiger partial charge < -0.3 is 0 Å². The molecule has 0 unspecified atom stereocenters. The van der Waals surface area contributed by atoms with Crippen molar-refractivity contribution in [3.05, 3.63) is 35.9 Å². The van der Waals surface area contributed by atoms with Crippen molar-refractivity contribution in [2.45, 2.75) is 25.7 Å². The van der Waals surface area contributed by atoms with Crippen molar-refractivity contribution in [1.82, 2.24) is 0 Å². The average Bonchev–Trinajstić information content (AvgIpc) is 2.25. The number of hydrogen-bond donors (Lipinski definition) is 1. The van der Waals surface area contributed by atoms with Crippen LogP contribution >= 0.6 is 12.6 Å². The van der Waals surface area contributed by atoms with Gasteiger partial charge in [0, 0.05) is 12.0 Å². The molecule has 0 atom stereocenters. The molecule has 0 heterocycles. The minimum Gasteiger partial charge on any atom is -0.294 e. The van der Waals surface area contributed by atoms with Crippen molar-refractivity contribution in [3.63, 3.8) is 0 Å². The Kier molecular flexibility index (Phi) is 5.38. The fourth-order valence-electron chi connectivity index (χ4n) is 1.34. The standard InChI is InChI=1S/C12H16OS/c13-12(9-5-2-6-10-14)11-7-3-1-4-8-11/h1,3-4,7-8,14H,2,5-6,9-10H2. The van der Waals surface area contributed by atoms with E-state index >= 15 is 0 Å². The summed E-state index contributed by atoms with van der Waals surface area (Å²) in [5.41, 5.74) is 0.832. The van der Waals surface area contributed by atoms with Crippen LogP contribution in [0.15, 0.2) is 30.3 Å². The lowest BCUT2D eigenvalue weighted by Gasteiger charge is -1.99. The molecule has 1 nitrogen and oxygen atoms in total. The maximum Gasteiger partial charge on any atom is 0.162 e. The van der Waals surface area contributed by atoms with Crippen LogP contribution in [0.25, 0.3) is 0 Å². The molecule has 0 aliphatic carbocycles. The summed E-state index contributed by atoms with van der Waals surface area (Å²) < 4.78 is 0. The molecule has 0 amide bonds. The quantitative estimate of drug-likeness (QED) is 0.431. The van der Waals surface area contributed by atoms with Crippen LogP contribution in [0.3, 0.4) is 0 Å². The number of ketones is 1. The summed E-state index contributed by atoms with van der Waals surface area (Å²) in [5, 5.41) is 0. The van der Waals surface area contributed by atoms with Crippen molar-refractivity contribution in [2.75, 3.05) is 5.75 Å². The topological polar surface area (TPSA) is 17.1 Å². The van der Waals surface area contributed by atoms with Crippen molar-refractivity contribution < 1.29 is 4.79 Å². The maximum atomic E-state index is 11.6. The summed E-state index contributed by atoms with van der Waals surface area (Å²) in [6.45, 7) is 0. The Balaban J connectivity index is 2.29. The minimum atomic E-state index is 0.254. The third kappa shape index (κ3) is 3.97. The first kappa shape index (κ1) is 11.3. The molecule has 0 aliphatic rings. The van der Waals surface area contributed by atoms with Gasteiger partial charge >= 0.3 is 0 Å². The highest BCUT2D eigenvalue weighted by atomic mass is 32.1. The van der Waals surface area contributed by atoms with Crippen molar-refractivity contribution in [1.29, 1.82) is 0 Å². The average molecular weight is 208 g/mol. The first-order valence-corrected chi connectivity index (χ1v) is 5.67. The second-order valence-electron chi connectivity index (χ2n) is 3.32. The van der Waals surface area contributed by atoms with Crippen LogP contribution in [0.4, 0.5) is 0 Å². The van der Waals surface area contributed by atoms with Crippen LogP contribution in [0.1, 0.15) is 36.0 Å². The van der Waals surface area contributed by atoms with Gasteiger partial charge in [0.25, 0.3) is 0 Å². The van der Waals surface area contributed by atoms with Crippen LogP contribution < -0.4 is 0 Å². The Morgan fingerprint density at radius 1 is 1.07 bits per heavy atom. The van der Waals surface area contributed by atoms with Gasteiger partial charge in [0.15, 0.2) is 5.78 Å². The largest absolute Gasteiger partial charge is 0.294 e. The Hall–Kier alpha value is -0.760. The maximum absolute atomic E-state index is 11.6. The molecule has 1 aromatic rings. The number of carbonyl (C=O) groups excluding carboxylic acids is 1. The molecule has 0 aliphatic heterocycles. The Morgan fingerprint density at radius 3 is 2.43 bits per heavy atom. The number of rotatable bonds is 6. The van der Waals surface area contributed by atoms with E-state index in [1.807, 2.05) is 30.3 Å². The number of Topliss-reactive ketones (excluding diaryl/α,β-unsaturated/α-hetero) is 1. The Bertz CT molecular complexity index is 269. The smallest absolute Gasteiger partial charge is 0.162 e. The predicted octanol–water partition coefficient (Wildman–Crippen LogP) is 3.36. The molecule has 1 rings (SSSR count). The van der Waals surface area contributed by atoms with Crippen LogP contribution in [-0.4, -0.2) is 11.5 Å². The normalized spacial score (nSPS) is 10.1. The molecule has 14 heavy (non-hydrogen) atoms. The molecule has 0 fully saturated rings. The molecule has 0 N–H and O–H groups in total. The first-order valence-electron chi connectivity index (χ1n) is 5.03. The van der Waals surface area contributed by atoms with Crippen molar-refractivity contribution >= 4 is 18.4 Å². The lowest BCUT2D eigenvalue weighted by Crippen LogP contribution is -1.98. The van der Waals surface area contributed by atoms with E-state index in [0.29, 0.717) is 6.42 Å². The number of thiol groups is 1. The van der Waals surface area contributed by atoms with Crippen LogP contribution in [-0.2, 0) is 0 Å². The lowest BCUT2D eigenvalue weighted by molar-refractivity contribution is 0.0979. The van der Waals surface area contributed by atoms with Crippen LogP contribution in [0.2, 0.25) is 0 Å². The van der Waals surface area contributed by atoms with Gasteiger partial charge in [-0.05, 0) is 18.6 Å². The van der Waals surface area contributed by atoms with Crippen LogP contribution in [0.5, 0.6) is 0 Å². The molecular weight excluding hydrogens is 192 g/mol. The summed E-state index contributed by atoms with van der Waals surface area (Å²) in [6, 6.07) is 9.49. The van der Waals surface area contributed by atoms with E-state index in [0.717, 1.165) is 30.6 Å². The minimum absolute atomic E-state index is 0.254. The molecule has 0 aromatic heterocycles. The fourth-order valence-corrected chi connectivity index (χ4v) is 1.57.